The Morgan fingerprint density at radius 1 is 1.47 bits per heavy atom. The van der Waals surface area contributed by atoms with Crippen LogP contribution in [0.4, 0.5) is 0 Å². The molecule has 1 aliphatic rings. The van der Waals surface area contributed by atoms with Gasteiger partial charge in [0.15, 0.2) is 0 Å². The number of carboxylic acids is 1. The fourth-order valence-corrected chi connectivity index (χ4v) is 4.14. The molecule has 94 valence electrons. The predicted octanol–water partition coefficient (Wildman–Crippen LogP) is 2.36. The van der Waals surface area contributed by atoms with Crippen LogP contribution in [0.5, 0.6) is 0 Å². The van der Waals surface area contributed by atoms with Crippen LogP contribution in [0.3, 0.4) is 0 Å². The van der Waals surface area contributed by atoms with Gasteiger partial charge in [0.2, 0.25) is 0 Å². The molecule has 0 bridgehead atoms. The highest BCUT2D eigenvalue weighted by Gasteiger charge is 2.14. The lowest BCUT2D eigenvalue weighted by Crippen LogP contribution is -2.22. The highest BCUT2D eigenvalue weighted by Crippen LogP contribution is 2.25. The number of thioether (sulfide) groups is 1. The van der Waals surface area contributed by atoms with Crippen LogP contribution in [-0.2, 0) is 17.8 Å². The van der Waals surface area contributed by atoms with Gasteiger partial charge in [0, 0.05) is 28.1 Å². The largest absolute Gasteiger partial charge is 0.481 e. The molecule has 1 saturated heterocycles. The Bertz CT molecular complexity index is 372. The lowest BCUT2D eigenvalue weighted by atomic mass is 10.2. The minimum absolute atomic E-state index is 0.142. The monoisotopic (exact) mass is 271 g/mol. The lowest BCUT2D eigenvalue weighted by Gasteiger charge is -2.08. The molecule has 0 aromatic carbocycles. The van der Waals surface area contributed by atoms with Crippen molar-refractivity contribution in [2.45, 2.75) is 31.1 Å². The second-order valence-electron chi connectivity index (χ2n) is 4.20. The minimum Gasteiger partial charge on any atom is -0.481 e. The summed E-state index contributed by atoms with van der Waals surface area (Å²) in [5.41, 5.74) is 0. The molecule has 0 aliphatic carbocycles. The predicted molar refractivity (Wildman–Crippen MR) is 72.8 cm³/mol. The topological polar surface area (TPSA) is 49.3 Å². The molecule has 1 atom stereocenters. The van der Waals surface area contributed by atoms with E-state index in [0.717, 1.165) is 23.2 Å². The number of hydrogen-bond donors (Lipinski definition) is 2. The summed E-state index contributed by atoms with van der Waals surface area (Å²) in [7, 11) is 0. The van der Waals surface area contributed by atoms with Crippen LogP contribution >= 0.6 is 23.1 Å². The zero-order chi connectivity index (χ0) is 12.1. The number of nitrogens with one attached hydrogen (secondary N) is 1. The van der Waals surface area contributed by atoms with E-state index in [1.807, 2.05) is 12.1 Å². The van der Waals surface area contributed by atoms with Gasteiger partial charge in [0.25, 0.3) is 0 Å². The summed E-state index contributed by atoms with van der Waals surface area (Å²) in [6.45, 7) is 1.93. The Kier molecular flexibility index (Phi) is 4.88. The third-order valence-corrected chi connectivity index (χ3v) is 5.22. The maximum Gasteiger partial charge on any atom is 0.308 e. The Hall–Kier alpha value is -0.520. The van der Waals surface area contributed by atoms with Crippen molar-refractivity contribution in [2.75, 3.05) is 12.3 Å². The molecule has 17 heavy (non-hydrogen) atoms. The third kappa shape index (κ3) is 4.33. The molecule has 1 aromatic rings. The van der Waals surface area contributed by atoms with Crippen LogP contribution < -0.4 is 5.32 Å². The van der Waals surface area contributed by atoms with E-state index < -0.39 is 5.97 Å². The molecule has 2 N–H and O–H groups in total. The normalized spacial score (nSPS) is 19.6. The second kappa shape index (κ2) is 6.42. The van der Waals surface area contributed by atoms with E-state index in [1.165, 1.54) is 23.5 Å². The average molecular weight is 271 g/mol. The van der Waals surface area contributed by atoms with Crippen LogP contribution in [-0.4, -0.2) is 28.6 Å². The Labute approximate surface area is 110 Å². The fraction of sp³-hybridized carbons (Fsp3) is 0.583. The van der Waals surface area contributed by atoms with Gasteiger partial charge in [-0.15, -0.1) is 11.3 Å². The van der Waals surface area contributed by atoms with Crippen molar-refractivity contribution in [3.05, 3.63) is 21.9 Å². The summed E-state index contributed by atoms with van der Waals surface area (Å²) in [5, 5.41) is 12.9. The molecule has 2 heterocycles. The zero-order valence-corrected chi connectivity index (χ0v) is 11.3. The van der Waals surface area contributed by atoms with Gasteiger partial charge in [0.1, 0.15) is 0 Å². The Morgan fingerprint density at radius 3 is 3.00 bits per heavy atom. The Morgan fingerprint density at radius 2 is 2.29 bits per heavy atom. The van der Waals surface area contributed by atoms with E-state index in [1.54, 1.807) is 11.3 Å². The molecule has 2 rings (SSSR count). The second-order valence-corrected chi connectivity index (χ2v) is 6.87. The molecule has 1 unspecified atom stereocenters. The molecular weight excluding hydrogens is 254 g/mol. The van der Waals surface area contributed by atoms with Gasteiger partial charge in [-0.2, -0.15) is 11.8 Å². The van der Waals surface area contributed by atoms with Crippen molar-refractivity contribution < 1.29 is 9.90 Å². The number of rotatable bonds is 6. The molecule has 1 aromatic heterocycles. The first kappa shape index (κ1) is 12.9. The van der Waals surface area contributed by atoms with Gasteiger partial charge in [-0.3, -0.25) is 4.79 Å². The molecule has 5 heteroatoms. The van der Waals surface area contributed by atoms with Crippen molar-refractivity contribution in [2.24, 2.45) is 0 Å². The van der Waals surface area contributed by atoms with Crippen LogP contribution in [0, 0.1) is 0 Å². The molecular formula is C12H17NO2S2. The van der Waals surface area contributed by atoms with Crippen molar-refractivity contribution in [3.8, 4) is 0 Å². The molecule has 1 aliphatic heterocycles. The number of carboxylic acid groups (broad SMARTS) is 1. The van der Waals surface area contributed by atoms with Gasteiger partial charge < -0.3 is 10.4 Å². The maximum absolute atomic E-state index is 10.6. The van der Waals surface area contributed by atoms with Gasteiger partial charge in [-0.1, -0.05) is 0 Å². The number of thiophene rings is 1. The average Bonchev–Trinajstić information content (AvgIpc) is 2.89. The standard InChI is InChI=1S/C12H17NO2S2/c14-12(15)6-9-3-4-11(17-9)8-13-7-10-2-1-5-16-10/h3-4,10,13H,1-2,5-8H2,(H,14,15). The van der Waals surface area contributed by atoms with Gasteiger partial charge in [-0.25, -0.2) is 0 Å². The summed E-state index contributed by atoms with van der Waals surface area (Å²) < 4.78 is 0. The maximum atomic E-state index is 10.6. The summed E-state index contributed by atoms with van der Waals surface area (Å²) in [6.07, 6.45) is 2.81. The number of aliphatic carboxylic acids is 1. The molecule has 0 amide bonds. The van der Waals surface area contributed by atoms with Crippen LogP contribution in [0.2, 0.25) is 0 Å². The van der Waals surface area contributed by atoms with Crippen LogP contribution in [0.15, 0.2) is 12.1 Å². The lowest BCUT2D eigenvalue weighted by molar-refractivity contribution is -0.136. The first-order valence-electron chi connectivity index (χ1n) is 5.86. The van der Waals surface area contributed by atoms with E-state index in [-0.39, 0.29) is 6.42 Å². The zero-order valence-electron chi connectivity index (χ0n) is 9.65. The number of hydrogen-bond acceptors (Lipinski definition) is 4. The molecule has 0 saturated carbocycles. The minimum atomic E-state index is -0.756. The molecule has 0 spiro atoms. The van der Waals surface area contributed by atoms with E-state index in [9.17, 15) is 4.79 Å². The van der Waals surface area contributed by atoms with Crippen molar-refractivity contribution in [1.29, 1.82) is 0 Å². The molecule has 0 radical (unpaired) electrons. The highest BCUT2D eigenvalue weighted by atomic mass is 32.2. The highest BCUT2D eigenvalue weighted by molar-refractivity contribution is 8.00. The summed E-state index contributed by atoms with van der Waals surface area (Å²) >= 11 is 3.65. The Balaban J connectivity index is 1.71. The number of carbonyl (C=O) groups is 1. The smallest absolute Gasteiger partial charge is 0.308 e. The van der Waals surface area contributed by atoms with Crippen molar-refractivity contribution in [3.63, 3.8) is 0 Å². The van der Waals surface area contributed by atoms with Crippen LogP contribution in [0.1, 0.15) is 22.6 Å². The SMILES string of the molecule is O=C(O)Cc1ccc(CNCC2CCCS2)s1. The fourth-order valence-electron chi connectivity index (χ4n) is 1.92. The first-order valence-corrected chi connectivity index (χ1v) is 7.72. The first-order chi connectivity index (χ1) is 8.24. The molecule has 3 nitrogen and oxygen atoms in total. The van der Waals surface area contributed by atoms with E-state index >= 15 is 0 Å². The summed E-state index contributed by atoms with van der Waals surface area (Å²) in [6, 6.07) is 3.94. The van der Waals surface area contributed by atoms with Crippen molar-refractivity contribution >= 4 is 29.1 Å². The van der Waals surface area contributed by atoms with Gasteiger partial charge in [-0.05, 0) is 30.7 Å². The summed E-state index contributed by atoms with van der Waals surface area (Å²) in [5.74, 6) is 0.544. The van der Waals surface area contributed by atoms with Crippen molar-refractivity contribution in [1.82, 2.24) is 5.32 Å². The van der Waals surface area contributed by atoms with E-state index in [2.05, 4.69) is 17.1 Å². The van der Waals surface area contributed by atoms with E-state index in [4.69, 9.17) is 5.11 Å². The molecule has 1 fully saturated rings. The van der Waals surface area contributed by atoms with Crippen LogP contribution in [0.25, 0.3) is 0 Å². The quantitative estimate of drug-likeness (QED) is 0.834. The van der Waals surface area contributed by atoms with Gasteiger partial charge >= 0.3 is 5.97 Å². The third-order valence-electron chi connectivity index (χ3n) is 2.74. The van der Waals surface area contributed by atoms with E-state index in [0.29, 0.717) is 0 Å². The van der Waals surface area contributed by atoms with Gasteiger partial charge in [0.05, 0.1) is 6.42 Å². The summed E-state index contributed by atoms with van der Waals surface area (Å²) in [4.78, 5) is 12.7.